The number of aryl methyl sites for hydroxylation is 1. The van der Waals surface area contributed by atoms with Gasteiger partial charge in [-0.2, -0.15) is 0 Å². The molecule has 0 fully saturated rings. The maximum absolute atomic E-state index is 12.4. The maximum atomic E-state index is 12.4. The summed E-state index contributed by atoms with van der Waals surface area (Å²) in [4.78, 5) is 23.3. The monoisotopic (exact) mass is 347 g/mol. The summed E-state index contributed by atoms with van der Waals surface area (Å²) in [7, 11) is 0. The molecule has 0 radical (unpaired) electrons. The molecule has 0 aliphatic heterocycles. The van der Waals surface area contributed by atoms with Gasteiger partial charge in [0.25, 0.3) is 0 Å². The van der Waals surface area contributed by atoms with Gasteiger partial charge in [-0.05, 0) is 30.7 Å². The van der Waals surface area contributed by atoms with Crippen LogP contribution in [0.2, 0.25) is 0 Å². The fourth-order valence-electron chi connectivity index (χ4n) is 3.24. The van der Waals surface area contributed by atoms with Crippen LogP contribution in [0.25, 0.3) is 26.9 Å². The van der Waals surface area contributed by atoms with Crippen molar-refractivity contribution in [2.45, 2.75) is 19.5 Å². The van der Waals surface area contributed by atoms with Crippen LogP contribution in [0.15, 0.2) is 47.3 Å². The standard InChI is InChI=1S/C19H17N5O2/c1-20-13-7-8-17-15(11-13)21-18(23(17)9-4-10-25)12-24-16-6-3-2-5-14(16)22-19(24)26/h2-3,5-8,11,25H,4,9-10,12H2,(H,22,26). The molecule has 2 aromatic heterocycles. The average molecular weight is 347 g/mol. The predicted octanol–water partition coefficient (Wildman–Crippen LogP) is 2.66. The van der Waals surface area contributed by atoms with Crippen LogP contribution in [0.5, 0.6) is 0 Å². The van der Waals surface area contributed by atoms with Crippen LogP contribution in [0, 0.1) is 6.57 Å². The van der Waals surface area contributed by atoms with E-state index in [1.165, 1.54) is 0 Å². The largest absolute Gasteiger partial charge is 0.396 e. The van der Waals surface area contributed by atoms with E-state index in [0.29, 0.717) is 25.2 Å². The van der Waals surface area contributed by atoms with Gasteiger partial charge < -0.3 is 14.7 Å². The molecule has 0 saturated heterocycles. The van der Waals surface area contributed by atoms with E-state index in [1.54, 1.807) is 16.7 Å². The molecular formula is C19H17N5O2. The fraction of sp³-hybridized carbons (Fsp3) is 0.211. The molecule has 2 N–H and O–H groups in total. The molecule has 0 spiro atoms. The summed E-state index contributed by atoms with van der Waals surface area (Å²) in [6.45, 7) is 8.16. The Bertz CT molecular complexity index is 1190. The molecule has 26 heavy (non-hydrogen) atoms. The predicted molar refractivity (Wildman–Crippen MR) is 99.4 cm³/mol. The number of imidazole rings is 2. The molecule has 4 aromatic rings. The second-order valence-corrected chi connectivity index (χ2v) is 6.08. The van der Waals surface area contributed by atoms with Crippen molar-refractivity contribution in [2.75, 3.05) is 6.61 Å². The Hall–Kier alpha value is -3.37. The van der Waals surface area contributed by atoms with Crippen molar-refractivity contribution >= 4 is 27.8 Å². The molecule has 130 valence electrons. The topological polar surface area (TPSA) is 80.2 Å². The molecule has 2 aromatic carbocycles. The summed E-state index contributed by atoms with van der Waals surface area (Å²) < 4.78 is 3.66. The van der Waals surface area contributed by atoms with Crippen molar-refractivity contribution in [3.63, 3.8) is 0 Å². The van der Waals surface area contributed by atoms with Gasteiger partial charge in [-0.25, -0.2) is 14.6 Å². The van der Waals surface area contributed by atoms with Crippen molar-refractivity contribution in [3.05, 3.63) is 70.2 Å². The van der Waals surface area contributed by atoms with E-state index in [2.05, 4.69) is 14.8 Å². The van der Waals surface area contributed by atoms with E-state index in [0.717, 1.165) is 27.9 Å². The third-order valence-electron chi connectivity index (χ3n) is 4.46. The number of benzene rings is 2. The van der Waals surface area contributed by atoms with Crippen molar-refractivity contribution < 1.29 is 5.11 Å². The van der Waals surface area contributed by atoms with E-state index >= 15 is 0 Å². The van der Waals surface area contributed by atoms with Crippen molar-refractivity contribution in [3.8, 4) is 0 Å². The number of nitrogens with one attached hydrogen (secondary N) is 1. The van der Waals surface area contributed by atoms with Gasteiger partial charge in [0.05, 0.1) is 35.2 Å². The van der Waals surface area contributed by atoms with Gasteiger partial charge in [0, 0.05) is 13.2 Å². The van der Waals surface area contributed by atoms with Crippen LogP contribution in [-0.4, -0.2) is 30.8 Å². The van der Waals surface area contributed by atoms with Gasteiger partial charge in [-0.1, -0.05) is 18.2 Å². The van der Waals surface area contributed by atoms with E-state index in [1.807, 2.05) is 34.9 Å². The smallest absolute Gasteiger partial charge is 0.326 e. The van der Waals surface area contributed by atoms with E-state index in [-0.39, 0.29) is 12.3 Å². The molecule has 0 atom stereocenters. The number of rotatable bonds is 5. The molecule has 0 bridgehead atoms. The zero-order chi connectivity index (χ0) is 18.1. The van der Waals surface area contributed by atoms with Gasteiger partial charge in [0.1, 0.15) is 5.82 Å². The number of aromatic nitrogens is 4. The highest BCUT2D eigenvalue weighted by atomic mass is 16.3. The summed E-state index contributed by atoms with van der Waals surface area (Å²) in [5.74, 6) is 0.724. The number of fused-ring (bicyclic) bond motifs is 2. The molecule has 2 heterocycles. The Balaban J connectivity index is 1.85. The van der Waals surface area contributed by atoms with Crippen LogP contribution in [0.4, 0.5) is 5.69 Å². The molecule has 0 amide bonds. The van der Waals surface area contributed by atoms with Crippen molar-refractivity contribution in [2.24, 2.45) is 0 Å². The first kappa shape index (κ1) is 16.1. The molecule has 0 saturated carbocycles. The lowest BCUT2D eigenvalue weighted by Crippen LogP contribution is -2.20. The number of aliphatic hydroxyl groups is 1. The molecule has 4 rings (SSSR count). The number of para-hydroxylation sites is 2. The van der Waals surface area contributed by atoms with Crippen LogP contribution in [-0.2, 0) is 13.1 Å². The zero-order valence-electron chi connectivity index (χ0n) is 14.0. The molecule has 0 aliphatic carbocycles. The van der Waals surface area contributed by atoms with Crippen LogP contribution >= 0.6 is 0 Å². The Morgan fingerprint density at radius 3 is 2.81 bits per heavy atom. The maximum Gasteiger partial charge on any atom is 0.326 e. The second-order valence-electron chi connectivity index (χ2n) is 6.08. The number of hydrogen-bond donors (Lipinski definition) is 2. The first-order valence-electron chi connectivity index (χ1n) is 8.36. The number of H-pyrrole nitrogens is 1. The van der Waals surface area contributed by atoms with E-state index in [9.17, 15) is 9.90 Å². The number of nitrogens with zero attached hydrogens (tertiary/aromatic N) is 4. The van der Waals surface area contributed by atoms with Crippen LogP contribution in [0.3, 0.4) is 0 Å². The molecule has 7 nitrogen and oxygen atoms in total. The van der Waals surface area contributed by atoms with Gasteiger partial charge in [0.15, 0.2) is 5.69 Å². The van der Waals surface area contributed by atoms with Gasteiger partial charge in [0.2, 0.25) is 0 Å². The highest BCUT2D eigenvalue weighted by Crippen LogP contribution is 2.23. The lowest BCUT2D eigenvalue weighted by molar-refractivity contribution is 0.279. The highest BCUT2D eigenvalue weighted by molar-refractivity contribution is 5.80. The molecule has 0 unspecified atom stereocenters. The van der Waals surface area contributed by atoms with Gasteiger partial charge >= 0.3 is 5.69 Å². The van der Waals surface area contributed by atoms with E-state index in [4.69, 9.17) is 6.57 Å². The highest BCUT2D eigenvalue weighted by Gasteiger charge is 2.14. The molecular weight excluding hydrogens is 330 g/mol. The fourth-order valence-corrected chi connectivity index (χ4v) is 3.24. The third-order valence-corrected chi connectivity index (χ3v) is 4.46. The minimum atomic E-state index is -0.186. The molecule has 0 aliphatic rings. The normalized spacial score (nSPS) is 11.2. The SMILES string of the molecule is [C-]#[N+]c1ccc2c(c1)nc(Cn1c(=O)[nH]c3ccccc31)n2CCCO. The Morgan fingerprint density at radius 1 is 1.15 bits per heavy atom. The van der Waals surface area contributed by atoms with Crippen molar-refractivity contribution in [1.29, 1.82) is 0 Å². The third kappa shape index (κ3) is 2.66. The van der Waals surface area contributed by atoms with Crippen LogP contribution in [0.1, 0.15) is 12.2 Å². The average Bonchev–Trinajstić information content (AvgIpc) is 3.16. The summed E-state index contributed by atoms with van der Waals surface area (Å²) in [6, 6.07) is 12.9. The first-order chi connectivity index (χ1) is 12.7. The molecule has 7 heteroatoms. The van der Waals surface area contributed by atoms with E-state index < -0.39 is 0 Å². The minimum absolute atomic E-state index is 0.0757. The number of hydrogen-bond acceptors (Lipinski definition) is 3. The summed E-state index contributed by atoms with van der Waals surface area (Å²) in [6.07, 6.45) is 0.589. The first-order valence-corrected chi connectivity index (χ1v) is 8.36. The summed E-state index contributed by atoms with van der Waals surface area (Å²) in [5.41, 5.74) is 3.56. The zero-order valence-corrected chi connectivity index (χ0v) is 14.0. The van der Waals surface area contributed by atoms with Crippen LogP contribution < -0.4 is 5.69 Å². The minimum Gasteiger partial charge on any atom is -0.396 e. The summed E-state index contributed by atoms with van der Waals surface area (Å²) in [5, 5.41) is 9.22. The number of aliphatic hydroxyl groups excluding tert-OH is 1. The van der Waals surface area contributed by atoms with Crippen molar-refractivity contribution in [1.82, 2.24) is 19.1 Å². The Labute approximate surface area is 149 Å². The lowest BCUT2D eigenvalue weighted by atomic mass is 10.3. The van der Waals surface area contributed by atoms with Gasteiger partial charge in [-0.15, -0.1) is 0 Å². The Kier molecular flexibility index (Phi) is 4.03. The quantitative estimate of drug-likeness (QED) is 0.545. The second kappa shape index (κ2) is 6.50. The Morgan fingerprint density at radius 2 is 2.00 bits per heavy atom. The lowest BCUT2D eigenvalue weighted by Gasteiger charge is -2.09. The number of aromatic amines is 1. The van der Waals surface area contributed by atoms with Gasteiger partial charge in [-0.3, -0.25) is 4.57 Å². The summed E-state index contributed by atoms with van der Waals surface area (Å²) >= 11 is 0.